The van der Waals surface area contributed by atoms with Gasteiger partial charge in [0, 0.05) is 24.7 Å². The van der Waals surface area contributed by atoms with Gasteiger partial charge in [-0.2, -0.15) is 0 Å². The highest BCUT2D eigenvalue weighted by Gasteiger charge is 2.57. The molecular formula is C16H27NO2. The number of carbonyl (C=O) groups is 1. The number of hydrogen-bond acceptors (Lipinski definition) is 3. The molecule has 3 nitrogen and oxygen atoms in total. The van der Waals surface area contributed by atoms with Gasteiger partial charge in [-0.3, -0.25) is 4.79 Å². The number of ketones is 1. The van der Waals surface area contributed by atoms with Gasteiger partial charge < -0.3 is 10.4 Å². The number of rotatable bonds is 5. The van der Waals surface area contributed by atoms with Crippen LogP contribution in [0.3, 0.4) is 0 Å². The third-order valence-electron chi connectivity index (χ3n) is 4.76. The van der Waals surface area contributed by atoms with Gasteiger partial charge in [0.1, 0.15) is 0 Å². The van der Waals surface area contributed by atoms with Gasteiger partial charge in [0.25, 0.3) is 0 Å². The SMILES string of the molecule is CC(C)(O)C[C@H]1[C@@H](CNC2=CC(=O)CCC2)C1(C)C. The van der Waals surface area contributed by atoms with Crippen LogP contribution in [0, 0.1) is 17.3 Å². The number of allylic oxidation sites excluding steroid dienone is 2. The maximum absolute atomic E-state index is 11.4. The second-order valence-electron chi connectivity index (χ2n) is 7.42. The summed E-state index contributed by atoms with van der Waals surface area (Å²) in [7, 11) is 0. The van der Waals surface area contributed by atoms with E-state index in [2.05, 4.69) is 19.2 Å². The first-order chi connectivity index (χ1) is 8.70. The molecule has 0 spiro atoms. The molecule has 0 aromatic heterocycles. The molecule has 1 fully saturated rings. The van der Waals surface area contributed by atoms with Crippen molar-refractivity contribution >= 4 is 5.78 Å². The number of carbonyl (C=O) groups excluding carboxylic acids is 1. The van der Waals surface area contributed by atoms with Crippen LogP contribution < -0.4 is 5.32 Å². The molecular weight excluding hydrogens is 238 g/mol. The highest BCUT2D eigenvalue weighted by Crippen LogP contribution is 2.60. The van der Waals surface area contributed by atoms with E-state index >= 15 is 0 Å². The van der Waals surface area contributed by atoms with Crippen molar-refractivity contribution in [2.24, 2.45) is 17.3 Å². The molecule has 2 N–H and O–H groups in total. The molecule has 0 saturated heterocycles. The summed E-state index contributed by atoms with van der Waals surface area (Å²) in [6.07, 6.45) is 5.28. The lowest BCUT2D eigenvalue weighted by Gasteiger charge is -2.18. The first-order valence-corrected chi connectivity index (χ1v) is 7.40. The predicted molar refractivity (Wildman–Crippen MR) is 76.6 cm³/mol. The smallest absolute Gasteiger partial charge is 0.157 e. The molecule has 0 aromatic carbocycles. The summed E-state index contributed by atoms with van der Waals surface area (Å²) in [5.41, 5.74) is 0.809. The minimum absolute atomic E-state index is 0.247. The molecule has 3 heteroatoms. The molecule has 2 atom stereocenters. The molecule has 0 radical (unpaired) electrons. The van der Waals surface area contributed by atoms with Crippen LogP contribution in [-0.2, 0) is 4.79 Å². The molecule has 0 aliphatic heterocycles. The van der Waals surface area contributed by atoms with Crippen LogP contribution >= 0.6 is 0 Å². The number of hydrogen-bond donors (Lipinski definition) is 2. The average Bonchev–Trinajstić information content (AvgIpc) is 2.74. The van der Waals surface area contributed by atoms with Gasteiger partial charge in [0.15, 0.2) is 5.78 Å². The Hall–Kier alpha value is -0.830. The Morgan fingerprint density at radius 1 is 1.37 bits per heavy atom. The summed E-state index contributed by atoms with van der Waals surface area (Å²) < 4.78 is 0. The van der Waals surface area contributed by atoms with Crippen LogP contribution in [0.4, 0.5) is 0 Å². The van der Waals surface area contributed by atoms with Crippen molar-refractivity contribution in [1.29, 1.82) is 0 Å². The maximum atomic E-state index is 11.4. The number of aliphatic hydroxyl groups is 1. The minimum atomic E-state index is -0.587. The Morgan fingerprint density at radius 2 is 2.05 bits per heavy atom. The van der Waals surface area contributed by atoms with E-state index < -0.39 is 5.60 Å². The fourth-order valence-corrected chi connectivity index (χ4v) is 3.38. The molecule has 0 unspecified atom stereocenters. The zero-order valence-electron chi connectivity index (χ0n) is 12.6. The van der Waals surface area contributed by atoms with Gasteiger partial charge in [-0.05, 0) is 50.4 Å². The molecule has 2 aliphatic carbocycles. The van der Waals surface area contributed by atoms with Gasteiger partial charge in [0.05, 0.1) is 5.60 Å². The Kier molecular flexibility index (Phi) is 3.78. The van der Waals surface area contributed by atoms with E-state index in [0.717, 1.165) is 31.5 Å². The van der Waals surface area contributed by atoms with E-state index in [1.807, 2.05) is 13.8 Å². The van der Waals surface area contributed by atoms with Gasteiger partial charge in [0.2, 0.25) is 0 Å². The fraction of sp³-hybridized carbons (Fsp3) is 0.812. The largest absolute Gasteiger partial charge is 0.390 e. The zero-order valence-corrected chi connectivity index (χ0v) is 12.6. The van der Waals surface area contributed by atoms with E-state index in [-0.39, 0.29) is 5.78 Å². The van der Waals surface area contributed by atoms with Crippen molar-refractivity contribution in [2.75, 3.05) is 6.54 Å². The molecule has 19 heavy (non-hydrogen) atoms. The second-order valence-corrected chi connectivity index (χ2v) is 7.42. The molecule has 108 valence electrons. The fourth-order valence-electron chi connectivity index (χ4n) is 3.38. The van der Waals surface area contributed by atoms with E-state index in [0.29, 0.717) is 23.7 Å². The summed E-state index contributed by atoms with van der Waals surface area (Å²) >= 11 is 0. The zero-order chi connectivity index (χ0) is 14.3. The van der Waals surface area contributed by atoms with Gasteiger partial charge in [-0.25, -0.2) is 0 Å². The molecule has 1 saturated carbocycles. The van der Waals surface area contributed by atoms with Crippen LogP contribution in [0.2, 0.25) is 0 Å². The van der Waals surface area contributed by atoms with E-state index in [4.69, 9.17) is 0 Å². The lowest BCUT2D eigenvalue weighted by atomic mass is 9.97. The Morgan fingerprint density at radius 3 is 2.63 bits per heavy atom. The highest BCUT2D eigenvalue weighted by atomic mass is 16.3. The van der Waals surface area contributed by atoms with Crippen LogP contribution in [0.25, 0.3) is 0 Å². The second kappa shape index (κ2) is 4.93. The Bertz CT molecular complexity index is 390. The molecule has 0 heterocycles. The lowest BCUT2D eigenvalue weighted by molar-refractivity contribution is -0.115. The summed E-state index contributed by atoms with van der Waals surface area (Å²) in [6.45, 7) is 9.24. The third kappa shape index (κ3) is 3.59. The summed E-state index contributed by atoms with van der Waals surface area (Å²) in [5, 5.41) is 13.4. The monoisotopic (exact) mass is 265 g/mol. The summed E-state index contributed by atoms with van der Waals surface area (Å²) in [5.74, 6) is 1.41. The van der Waals surface area contributed by atoms with Crippen LogP contribution in [-0.4, -0.2) is 23.0 Å². The van der Waals surface area contributed by atoms with E-state index in [1.54, 1.807) is 6.08 Å². The Balaban J connectivity index is 1.85. The quantitative estimate of drug-likeness (QED) is 0.803. The standard InChI is InChI=1S/C16H27NO2/c1-15(2,19)9-13-14(16(13,3)4)10-17-11-6-5-7-12(18)8-11/h8,13-14,17,19H,5-7,9-10H2,1-4H3/t13-,14+/m0/s1. The lowest BCUT2D eigenvalue weighted by Crippen LogP contribution is -2.23. The first kappa shape index (κ1) is 14.6. The Labute approximate surface area is 116 Å². The van der Waals surface area contributed by atoms with Crippen LogP contribution in [0.15, 0.2) is 11.8 Å². The average molecular weight is 265 g/mol. The minimum Gasteiger partial charge on any atom is -0.390 e. The topological polar surface area (TPSA) is 49.3 Å². The molecule has 0 amide bonds. The highest BCUT2D eigenvalue weighted by molar-refractivity contribution is 5.91. The predicted octanol–water partition coefficient (Wildman–Crippen LogP) is 2.65. The van der Waals surface area contributed by atoms with Crippen molar-refractivity contribution in [3.05, 3.63) is 11.8 Å². The van der Waals surface area contributed by atoms with Gasteiger partial charge >= 0.3 is 0 Å². The van der Waals surface area contributed by atoms with Gasteiger partial charge in [-0.1, -0.05) is 13.8 Å². The van der Waals surface area contributed by atoms with Crippen molar-refractivity contribution < 1.29 is 9.90 Å². The van der Waals surface area contributed by atoms with Crippen molar-refractivity contribution in [2.45, 2.75) is 59.0 Å². The normalized spacial score (nSPS) is 29.9. The third-order valence-corrected chi connectivity index (χ3v) is 4.76. The van der Waals surface area contributed by atoms with Crippen molar-refractivity contribution in [3.63, 3.8) is 0 Å². The maximum Gasteiger partial charge on any atom is 0.157 e. The molecule has 0 aromatic rings. The summed E-state index contributed by atoms with van der Waals surface area (Å²) in [6, 6.07) is 0. The van der Waals surface area contributed by atoms with Gasteiger partial charge in [-0.15, -0.1) is 0 Å². The van der Waals surface area contributed by atoms with E-state index in [9.17, 15) is 9.90 Å². The summed E-state index contributed by atoms with van der Waals surface area (Å²) in [4.78, 5) is 11.4. The van der Waals surface area contributed by atoms with Crippen molar-refractivity contribution in [3.8, 4) is 0 Å². The molecule has 2 rings (SSSR count). The molecule has 0 bridgehead atoms. The number of nitrogens with one attached hydrogen (secondary N) is 1. The molecule has 2 aliphatic rings. The van der Waals surface area contributed by atoms with Crippen molar-refractivity contribution in [1.82, 2.24) is 5.32 Å². The van der Waals surface area contributed by atoms with E-state index in [1.165, 1.54) is 0 Å². The van der Waals surface area contributed by atoms with Crippen LogP contribution in [0.1, 0.15) is 53.4 Å². The first-order valence-electron chi connectivity index (χ1n) is 7.40. The van der Waals surface area contributed by atoms with Crippen LogP contribution in [0.5, 0.6) is 0 Å².